The summed E-state index contributed by atoms with van der Waals surface area (Å²) >= 11 is 0. The van der Waals surface area contributed by atoms with E-state index < -0.39 is 49.7 Å². The molecule has 0 aromatic rings. The van der Waals surface area contributed by atoms with E-state index in [0.29, 0.717) is 0 Å². The van der Waals surface area contributed by atoms with Gasteiger partial charge in [0, 0.05) is 9.60 Å². The van der Waals surface area contributed by atoms with Crippen LogP contribution in [-0.2, 0) is 0 Å². The largest absolute Gasteiger partial charge is 0.465 e. The molecule has 0 radical (unpaired) electrons. The molecular formula is C9H14N2O3. The molecule has 78 valence electrons. The van der Waals surface area contributed by atoms with Gasteiger partial charge in [0.1, 0.15) is 0 Å². The predicted octanol–water partition coefficient (Wildman–Crippen LogP) is 0.697. The van der Waals surface area contributed by atoms with Crippen LogP contribution >= 0.6 is 0 Å². The fourth-order valence-corrected chi connectivity index (χ4v) is 0.963. The van der Waals surface area contributed by atoms with Crippen LogP contribution in [0.3, 0.4) is 0 Å². The average molecular weight is 205 g/mol. The normalized spacial score (nSPS) is 40.7. The zero-order valence-electron chi connectivity index (χ0n) is 14.1. The molecule has 1 amide bonds. The Morgan fingerprint density at radius 2 is 2.50 bits per heavy atom. The molecule has 1 saturated carbocycles. The Morgan fingerprint density at radius 3 is 3.00 bits per heavy atom. The summed E-state index contributed by atoms with van der Waals surface area (Å²) < 4.78 is 53.0. The summed E-state index contributed by atoms with van der Waals surface area (Å²) in [5, 5.41) is 28.4. The molecule has 14 heavy (non-hydrogen) atoms. The first kappa shape index (κ1) is 4.49. The zero-order chi connectivity index (χ0) is 16.9. The number of carbonyl (C=O) groups is 1. The van der Waals surface area contributed by atoms with Crippen molar-refractivity contribution in [3.05, 3.63) is 0 Å². The lowest BCUT2D eigenvalue weighted by Crippen LogP contribution is -2.44. The molecule has 2 unspecified atom stereocenters. The Balaban J connectivity index is 3.14. The lowest BCUT2D eigenvalue weighted by molar-refractivity contribution is 0.131. The van der Waals surface area contributed by atoms with E-state index in [1.807, 2.05) is 0 Å². The van der Waals surface area contributed by atoms with Crippen molar-refractivity contribution >= 4 is 6.09 Å². The first-order valence-corrected chi connectivity index (χ1v) is 3.83. The number of rotatable bonds is 4. The fourth-order valence-electron chi connectivity index (χ4n) is 0.963. The lowest BCUT2D eigenvalue weighted by atomic mass is 9.80. The highest BCUT2D eigenvalue weighted by Gasteiger charge is 2.27. The van der Waals surface area contributed by atoms with Gasteiger partial charge in [-0.05, 0) is 12.3 Å². The van der Waals surface area contributed by atoms with Crippen LogP contribution in [0.25, 0.3) is 0 Å². The minimum Gasteiger partial charge on any atom is -0.465 e. The SMILES string of the molecule is [2H]C1([2H])C([2H])([2H])C([2H])(CC(NC(=O)O)C(O)C#N)C1([2H])[2H]. The van der Waals surface area contributed by atoms with Crippen molar-refractivity contribution in [2.24, 2.45) is 5.89 Å². The number of nitrogens with one attached hydrogen (secondary N) is 1. The second-order valence-corrected chi connectivity index (χ2v) is 2.69. The molecule has 1 fully saturated rings. The van der Waals surface area contributed by atoms with Gasteiger partial charge < -0.3 is 15.5 Å². The molecule has 1 rings (SSSR count). The summed E-state index contributed by atoms with van der Waals surface area (Å²) in [7, 11) is 0. The zero-order valence-corrected chi connectivity index (χ0v) is 7.11. The highest BCUT2D eigenvalue weighted by molar-refractivity contribution is 5.65. The van der Waals surface area contributed by atoms with E-state index in [1.54, 1.807) is 5.32 Å². The van der Waals surface area contributed by atoms with Gasteiger partial charge in [0.2, 0.25) is 0 Å². The summed E-state index contributed by atoms with van der Waals surface area (Å²) in [6.07, 6.45) is -13.2. The number of amides is 1. The van der Waals surface area contributed by atoms with Crippen molar-refractivity contribution in [3.8, 4) is 6.07 Å². The number of nitrogens with zero attached hydrogens (tertiary/aromatic N) is 1. The fraction of sp³-hybridized carbons (Fsp3) is 0.778. The number of hydrogen-bond donors (Lipinski definition) is 3. The molecule has 1 aliphatic rings. The molecule has 0 heterocycles. The number of nitriles is 1. The number of carboxylic acid groups (broad SMARTS) is 1. The van der Waals surface area contributed by atoms with Gasteiger partial charge in [-0.1, -0.05) is 19.1 Å². The Labute approximate surface area is 92.2 Å². The van der Waals surface area contributed by atoms with Gasteiger partial charge in [-0.3, -0.25) is 0 Å². The molecule has 5 nitrogen and oxygen atoms in total. The van der Waals surface area contributed by atoms with Crippen molar-refractivity contribution in [1.82, 2.24) is 5.32 Å². The summed E-state index contributed by atoms with van der Waals surface area (Å²) in [4.78, 5) is 10.6. The molecule has 2 atom stereocenters. The van der Waals surface area contributed by atoms with E-state index in [4.69, 9.17) is 20.0 Å². The first-order chi connectivity index (χ1) is 9.26. The molecule has 0 aliphatic heterocycles. The maximum atomic E-state index is 10.6. The van der Waals surface area contributed by atoms with Crippen LogP contribution in [0.5, 0.6) is 0 Å². The molecule has 5 heteroatoms. The predicted molar refractivity (Wildman–Crippen MR) is 48.5 cm³/mol. The molecule has 0 saturated heterocycles. The van der Waals surface area contributed by atoms with Gasteiger partial charge in [0.25, 0.3) is 0 Å². The monoisotopic (exact) mass is 205 g/mol. The molecule has 3 N–H and O–H groups in total. The van der Waals surface area contributed by atoms with Crippen molar-refractivity contribution in [2.75, 3.05) is 0 Å². The van der Waals surface area contributed by atoms with Crippen LogP contribution in [0.2, 0.25) is 0 Å². The van der Waals surface area contributed by atoms with Gasteiger partial charge >= 0.3 is 6.09 Å². The van der Waals surface area contributed by atoms with Crippen LogP contribution in [0.15, 0.2) is 0 Å². The van der Waals surface area contributed by atoms with E-state index in [-0.39, 0.29) is 0 Å². The standard InChI is InChI=1S/C9H14N2O3/c10-5-8(12)7(11-9(13)14)4-6-2-1-3-6/h6-8,11-12H,1-4H2,(H,13,14)/i1D2,2D2,3D2,6D. The van der Waals surface area contributed by atoms with Gasteiger partial charge in [-0.15, -0.1) is 0 Å². The summed E-state index contributed by atoms with van der Waals surface area (Å²) in [6, 6.07) is -0.295. The molecule has 0 spiro atoms. The maximum absolute atomic E-state index is 10.6. The van der Waals surface area contributed by atoms with Gasteiger partial charge in [-0.25, -0.2) is 4.79 Å². The minimum absolute atomic E-state index is 0.895. The summed E-state index contributed by atoms with van der Waals surface area (Å²) in [5.74, 6) is -2.66. The van der Waals surface area contributed by atoms with E-state index >= 15 is 0 Å². The second kappa shape index (κ2) is 4.82. The molecule has 0 aromatic heterocycles. The Bertz CT molecular complexity index is 472. The van der Waals surface area contributed by atoms with Crippen LogP contribution in [0.1, 0.15) is 35.1 Å². The quantitative estimate of drug-likeness (QED) is 0.589. The number of hydrogen-bond acceptors (Lipinski definition) is 3. The molecular weight excluding hydrogens is 184 g/mol. The number of aliphatic hydroxyl groups excluding tert-OH is 1. The van der Waals surface area contributed by atoms with Crippen molar-refractivity contribution < 1.29 is 24.6 Å². The Kier molecular flexibility index (Phi) is 1.55. The van der Waals surface area contributed by atoms with Crippen molar-refractivity contribution in [1.29, 1.82) is 5.26 Å². The average Bonchev–Trinajstić information content (AvgIpc) is 2.34. The maximum Gasteiger partial charge on any atom is 0.405 e. The summed E-state index contributed by atoms with van der Waals surface area (Å²) in [5.41, 5.74) is 0. The Hall–Kier alpha value is -1.28. The van der Waals surface area contributed by atoms with Crippen LogP contribution in [0.4, 0.5) is 4.79 Å². The third kappa shape index (κ3) is 2.89. The highest BCUT2D eigenvalue weighted by Crippen LogP contribution is 2.30. The van der Waals surface area contributed by atoms with Crippen molar-refractivity contribution in [2.45, 2.75) is 37.7 Å². The second-order valence-electron chi connectivity index (χ2n) is 2.69. The van der Waals surface area contributed by atoms with Crippen molar-refractivity contribution in [3.63, 3.8) is 0 Å². The van der Waals surface area contributed by atoms with Gasteiger partial charge in [0.15, 0.2) is 6.10 Å². The van der Waals surface area contributed by atoms with E-state index in [2.05, 4.69) is 0 Å². The summed E-state index contributed by atoms with van der Waals surface area (Å²) in [6.45, 7) is 0. The van der Waals surface area contributed by atoms with E-state index in [1.165, 1.54) is 6.07 Å². The molecule has 0 bridgehead atoms. The molecule has 1 aliphatic carbocycles. The van der Waals surface area contributed by atoms with Crippen LogP contribution < -0.4 is 5.32 Å². The third-order valence-electron chi connectivity index (χ3n) is 1.67. The van der Waals surface area contributed by atoms with E-state index in [9.17, 15) is 9.90 Å². The topological polar surface area (TPSA) is 93.3 Å². The minimum atomic E-state index is -2.95. The lowest BCUT2D eigenvalue weighted by Gasteiger charge is -2.30. The van der Waals surface area contributed by atoms with Gasteiger partial charge in [0.05, 0.1) is 12.1 Å². The first-order valence-electron chi connectivity index (χ1n) is 7.33. The smallest absolute Gasteiger partial charge is 0.405 e. The van der Waals surface area contributed by atoms with E-state index in [0.717, 1.165) is 0 Å². The van der Waals surface area contributed by atoms with Crippen LogP contribution in [-0.4, -0.2) is 28.5 Å². The molecule has 0 aromatic carbocycles. The number of aliphatic hydroxyl groups is 1. The Morgan fingerprint density at radius 1 is 1.86 bits per heavy atom. The highest BCUT2D eigenvalue weighted by atomic mass is 16.4. The van der Waals surface area contributed by atoms with Crippen LogP contribution in [0, 0.1) is 17.2 Å². The third-order valence-corrected chi connectivity index (χ3v) is 1.67. The van der Waals surface area contributed by atoms with Gasteiger partial charge in [-0.2, -0.15) is 5.26 Å².